The van der Waals surface area contributed by atoms with Crippen LogP contribution in [-0.2, 0) is 17.6 Å². The molecule has 1 N–H and O–H groups in total. The molecule has 4 heteroatoms. The molecule has 22 heavy (non-hydrogen) atoms. The molecule has 0 aliphatic carbocycles. The van der Waals surface area contributed by atoms with Crippen LogP contribution in [0.15, 0.2) is 24.8 Å². The zero-order chi connectivity index (χ0) is 16.5. The summed E-state index contributed by atoms with van der Waals surface area (Å²) in [6.07, 6.45) is 6.27. The predicted molar refractivity (Wildman–Crippen MR) is 86.5 cm³/mol. The Morgan fingerprint density at radius 2 is 1.73 bits per heavy atom. The standard InChI is InChI=1S/C18H24O4/c1-4-7-9-13-14(10-8-5-2)16(22-17(19)6-3)12-11-15(13)18(20)21/h6,11-12H,3-5,7-10H2,1-2H3,(H,20,21). The number of hydrogen-bond donors (Lipinski definition) is 1. The van der Waals surface area contributed by atoms with Gasteiger partial charge in [0.15, 0.2) is 0 Å². The van der Waals surface area contributed by atoms with Crippen molar-refractivity contribution in [2.45, 2.75) is 52.4 Å². The number of ether oxygens (including phenoxy) is 1. The van der Waals surface area contributed by atoms with Gasteiger partial charge in [-0.05, 0) is 48.9 Å². The SMILES string of the molecule is C=CC(=O)Oc1ccc(C(=O)O)c(CCCC)c1CCCC. The Morgan fingerprint density at radius 3 is 2.23 bits per heavy atom. The lowest BCUT2D eigenvalue weighted by Crippen LogP contribution is -2.11. The number of unbranched alkanes of at least 4 members (excludes halogenated alkanes) is 2. The Balaban J connectivity index is 3.33. The molecule has 0 amide bonds. The Hall–Kier alpha value is -2.10. The van der Waals surface area contributed by atoms with Crippen LogP contribution >= 0.6 is 0 Å². The third-order valence-corrected chi connectivity index (χ3v) is 3.56. The first-order chi connectivity index (χ1) is 10.5. The highest BCUT2D eigenvalue weighted by Gasteiger charge is 2.19. The fourth-order valence-corrected chi connectivity index (χ4v) is 2.38. The van der Waals surface area contributed by atoms with Crippen LogP contribution in [0.25, 0.3) is 0 Å². The lowest BCUT2D eigenvalue weighted by molar-refractivity contribution is -0.129. The predicted octanol–water partition coefficient (Wildman–Crippen LogP) is 4.16. The van der Waals surface area contributed by atoms with Crippen molar-refractivity contribution >= 4 is 11.9 Å². The largest absolute Gasteiger partial charge is 0.478 e. The number of carbonyl (C=O) groups excluding carboxylic acids is 1. The van der Waals surface area contributed by atoms with E-state index in [1.807, 2.05) is 0 Å². The van der Waals surface area contributed by atoms with E-state index in [4.69, 9.17) is 4.74 Å². The molecular weight excluding hydrogens is 280 g/mol. The van der Waals surface area contributed by atoms with Gasteiger partial charge in [0.1, 0.15) is 5.75 Å². The summed E-state index contributed by atoms with van der Waals surface area (Å²) in [5.74, 6) is -1.01. The van der Waals surface area contributed by atoms with Crippen molar-refractivity contribution in [3.05, 3.63) is 41.5 Å². The monoisotopic (exact) mass is 304 g/mol. The molecule has 0 saturated carbocycles. The molecule has 1 rings (SSSR count). The minimum absolute atomic E-state index is 0.304. The van der Waals surface area contributed by atoms with Gasteiger partial charge in [-0.1, -0.05) is 33.3 Å². The summed E-state index contributed by atoms with van der Waals surface area (Å²) < 4.78 is 5.30. The highest BCUT2D eigenvalue weighted by Crippen LogP contribution is 2.29. The molecule has 0 unspecified atom stereocenters. The van der Waals surface area contributed by atoms with E-state index in [-0.39, 0.29) is 0 Å². The maximum absolute atomic E-state index is 11.5. The highest BCUT2D eigenvalue weighted by atomic mass is 16.5. The molecule has 0 atom stereocenters. The Kier molecular flexibility index (Phi) is 7.37. The van der Waals surface area contributed by atoms with Gasteiger partial charge < -0.3 is 9.84 Å². The number of hydrogen-bond acceptors (Lipinski definition) is 3. The third-order valence-electron chi connectivity index (χ3n) is 3.56. The topological polar surface area (TPSA) is 63.6 Å². The van der Waals surface area contributed by atoms with Crippen molar-refractivity contribution in [2.24, 2.45) is 0 Å². The van der Waals surface area contributed by atoms with Gasteiger partial charge in [0.05, 0.1) is 5.56 Å². The molecule has 0 aliphatic rings. The van der Waals surface area contributed by atoms with Gasteiger partial charge in [-0.15, -0.1) is 0 Å². The second-order valence-corrected chi connectivity index (χ2v) is 5.21. The molecule has 0 aromatic heterocycles. The number of aromatic carboxylic acids is 1. The minimum Gasteiger partial charge on any atom is -0.478 e. The maximum atomic E-state index is 11.5. The Bertz CT molecular complexity index is 546. The van der Waals surface area contributed by atoms with Crippen molar-refractivity contribution in [3.63, 3.8) is 0 Å². The first kappa shape index (κ1) is 18.0. The van der Waals surface area contributed by atoms with Gasteiger partial charge in [0.2, 0.25) is 0 Å². The van der Waals surface area contributed by atoms with Crippen LogP contribution in [0.5, 0.6) is 5.75 Å². The molecule has 0 spiro atoms. The number of rotatable bonds is 9. The van der Waals surface area contributed by atoms with Gasteiger partial charge >= 0.3 is 11.9 Å². The molecular formula is C18H24O4. The molecule has 0 radical (unpaired) electrons. The van der Waals surface area contributed by atoms with Crippen LogP contribution in [0.1, 0.15) is 61.0 Å². The summed E-state index contributed by atoms with van der Waals surface area (Å²) in [7, 11) is 0. The summed E-state index contributed by atoms with van der Waals surface area (Å²) in [4.78, 5) is 23.0. The second-order valence-electron chi connectivity index (χ2n) is 5.21. The molecule has 0 heterocycles. The molecule has 1 aromatic rings. The third kappa shape index (κ3) is 4.72. The van der Waals surface area contributed by atoms with Crippen LogP contribution in [0, 0.1) is 0 Å². The fraction of sp³-hybridized carbons (Fsp3) is 0.444. The second kappa shape index (κ2) is 9.03. The van der Waals surface area contributed by atoms with Crippen molar-refractivity contribution in [1.82, 2.24) is 0 Å². The number of carboxylic acid groups (broad SMARTS) is 1. The van der Waals surface area contributed by atoms with E-state index in [2.05, 4.69) is 20.4 Å². The van der Waals surface area contributed by atoms with Crippen LogP contribution < -0.4 is 4.74 Å². The molecule has 120 valence electrons. The number of esters is 1. The van der Waals surface area contributed by atoms with E-state index in [0.29, 0.717) is 24.2 Å². The minimum atomic E-state index is -0.939. The van der Waals surface area contributed by atoms with Crippen molar-refractivity contribution in [1.29, 1.82) is 0 Å². The van der Waals surface area contributed by atoms with Crippen molar-refractivity contribution < 1.29 is 19.4 Å². The zero-order valence-electron chi connectivity index (χ0n) is 13.4. The smallest absolute Gasteiger partial charge is 0.335 e. The first-order valence-electron chi connectivity index (χ1n) is 7.77. The molecule has 0 fully saturated rings. The van der Waals surface area contributed by atoms with Gasteiger partial charge in [0, 0.05) is 6.08 Å². The summed E-state index contributed by atoms with van der Waals surface area (Å²) in [6.45, 7) is 7.53. The quantitative estimate of drug-likeness (QED) is 0.422. The van der Waals surface area contributed by atoms with Gasteiger partial charge in [-0.25, -0.2) is 9.59 Å². The van der Waals surface area contributed by atoms with Crippen LogP contribution in [0.4, 0.5) is 0 Å². The van der Waals surface area contributed by atoms with E-state index in [9.17, 15) is 14.7 Å². The van der Waals surface area contributed by atoms with Gasteiger partial charge in [0.25, 0.3) is 0 Å². The fourth-order valence-electron chi connectivity index (χ4n) is 2.38. The van der Waals surface area contributed by atoms with E-state index >= 15 is 0 Å². The lowest BCUT2D eigenvalue weighted by atomic mass is 9.92. The van der Waals surface area contributed by atoms with E-state index in [1.54, 1.807) is 6.07 Å². The lowest BCUT2D eigenvalue weighted by Gasteiger charge is -2.16. The molecule has 4 nitrogen and oxygen atoms in total. The van der Waals surface area contributed by atoms with Crippen molar-refractivity contribution in [2.75, 3.05) is 0 Å². The summed E-state index contributed by atoms with van der Waals surface area (Å²) >= 11 is 0. The average Bonchev–Trinajstić information content (AvgIpc) is 2.51. The molecule has 0 aliphatic heterocycles. The van der Waals surface area contributed by atoms with E-state index in [1.165, 1.54) is 6.07 Å². The summed E-state index contributed by atoms with van der Waals surface area (Å²) in [5, 5.41) is 9.41. The summed E-state index contributed by atoms with van der Waals surface area (Å²) in [6, 6.07) is 3.10. The Morgan fingerprint density at radius 1 is 1.14 bits per heavy atom. The van der Waals surface area contributed by atoms with Gasteiger partial charge in [-0.2, -0.15) is 0 Å². The molecule has 1 aromatic carbocycles. The highest BCUT2D eigenvalue weighted by molar-refractivity contribution is 5.91. The number of carbonyl (C=O) groups is 2. The van der Waals surface area contributed by atoms with E-state index in [0.717, 1.165) is 42.9 Å². The van der Waals surface area contributed by atoms with Crippen LogP contribution in [-0.4, -0.2) is 17.0 Å². The maximum Gasteiger partial charge on any atom is 0.335 e. The van der Waals surface area contributed by atoms with Crippen molar-refractivity contribution in [3.8, 4) is 5.75 Å². The summed E-state index contributed by atoms with van der Waals surface area (Å²) in [5.41, 5.74) is 1.93. The van der Waals surface area contributed by atoms with Crippen LogP contribution in [0.2, 0.25) is 0 Å². The average molecular weight is 304 g/mol. The zero-order valence-corrected chi connectivity index (χ0v) is 13.4. The van der Waals surface area contributed by atoms with E-state index < -0.39 is 11.9 Å². The normalized spacial score (nSPS) is 10.3. The number of carboxylic acids is 1. The Labute approximate surface area is 131 Å². The number of benzene rings is 1. The molecule has 0 saturated heterocycles. The van der Waals surface area contributed by atoms with Crippen LogP contribution in [0.3, 0.4) is 0 Å². The van der Waals surface area contributed by atoms with Gasteiger partial charge in [-0.3, -0.25) is 0 Å². The molecule has 0 bridgehead atoms. The first-order valence-corrected chi connectivity index (χ1v) is 7.77.